The smallest absolute Gasteiger partial charge is 0.406 e. The summed E-state index contributed by atoms with van der Waals surface area (Å²) in [5, 5.41) is 6.40. The van der Waals surface area contributed by atoms with Crippen LogP contribution in [0.25, 0.3) is 5.69 Å². The van der Waals surface area contributed by atoms with Gasteiger partial charge in [-0.15, -0.1) is 0 Å². The van der Waals surface area contributed by atoms with Crippen molar-refractivity contribution >= 4 is 23.4 Å². The number of ether oxygens (including phenoxy) is 1. The average Bonchev–Trinajstić information content (AvgIpc) is 3.00. The molecule has 0 aliphatic carbocycles. The number of nitrogens with one attached hydrogen (secondary N) is 1. The van der Waals surface area contributed by atoms with Crippen molar-refractivity contribution in [1.29, 1.82) is 0 Å². The van der Waals surface area contributed by atoms with Crippen LogP contribution in [0.15, 0.2) is 60.8 Å². The van der Waals surface area contributed by atoms with Crippen molar-refractivity contribution in [2.24, 2.45) is 0 Å². The molecule has 0 unspecified atom stereocenters. The number of rotatable bonds is 3. The summed E-state index contributed by atoms with van der Waals surface area (Å²) in [4.78, 5) is 11.9. The van der Waals surface area contributed by atoms with Gasteiger partial charge in [-0.2, -0.15) is 18.3 Å². The van der Waals surface area contributed by atoms with Crippen LogP contribution in [-0.4, -0.2) is 15.9 Å². The fourth-order valence-corrected chi connectivity index (χ4v) is 2.34. The zero-order valence-corrected chi connectivity index (χ0v) is 13.8. The van der Waals surface area contributed by atoms with E-state index in [1.807, 2.05) is 0 Å². The molecule has 1 N–H and O–H groups in total. The van der Waals surface area contributed by atoms with E-state index < -0.39 is 23.7 Å². The second kappa shape index (κ2) is 7.09. The van der Waals surface area contributed by atoms with Crippen LogP contribution < -0.4 is 10.1 Å². The lowest BCUT2D eigenvalue weighted by Gasteiger charge is -2.13. The fraction of sp³-hybridized carbons (Fsp3) is 0.0588. The molecule has 9 heteroatoms. The summed E-state index contributed by atoms with van der Waals surface area (Å²) in [6.45, 7) is 0. The molecule has 1 heterocycles. The SMILES string of the molecule is O=C(Nc1ccccc1)Oc1cnn(-c2ccc(Cl)cc2)c1C(F)(F)F. The number of para-hydroxylation sites is 1. The van der Waals surface area contributed by atoms with E-state index >= 15 is 0 Å². The molecule has 0 spiro atoms. The second-order valence-corrected chi connectivity index (χ2v) is 5.56. The molecule has 0 saturated carbocycles. The third-order valence-electron chi connectivity index (χ3n) is 3.30. The van der Waals surface area contributed by atoms with Gasteiger partial charge in [-0.1, -0.05) is 29.8 Å². The summed E-state index contributed by atoms with van der Waals surface area (Å²) in [6, 6.07) is 13.8. The predicted molar refractivity (Wildman–Crippen MR) is 89.7 cm³/mol. The molecule has 134 valence electrons. The van der Waals surface area contributed by atoms with Gasteiger partial charge in [0.15, 0.2) is 11.4 Å². The zero-order chi connectivity index (χ0) is 18.7. The number of alkyl halides is 3. The highest BCUT2D eigenvalue weighted by molar-refractivity contribution is 6.30. The minimum absolute atomic E-state index is 0.125. The van der Waals surface area contributed by atoms with Gasteiger partial charge in [0.1, 0.15) is 0 Å². The van der Waals surface area contributed by atoms with E-state index in [1.165, 1.54) is 24.3 Å². The molecule has 26 heavy (non-hydrogen) atoms. The fourth-order valence-electron chi connectivity index (χ4n) is 2.21. The van der Waals surface area contributed by atoms with E-state index in [-0.39, 0.29) is 5.69 Å². The first-order valence-corrected chi connectivity index (χ1v) is 7.67. The number of carbonyl (C=O) groups is 1. The Morgan fingerprint density at radius 3 is 2.35 bits per heavy atom. The number of amides is 1. The van der Waals surface area contributed by atoms with Crippen molar-refractivity contribution in [2.45, 2.75) is 6.18 Å². The van der Waals surface area contributed by atoms with Crippen molar-refractivity contribution in [1.82, 2.24) is 9.78 Å². The third kappa shape index (κ3) is 3.97. The van der Waals surface area contributed by atoms with E-state index in [4.69, 9.17) is 16.3 Å². The van der Waals surface area contributed by atoms with Crippen LogP contribution in [0.3, 0.4) is 0 Å². The van der Waals surface area contributed by atoms with Gasteiger partial charge in [-0.05, 0) is 36.4 Å². The van der Waals surface area contributed by atoms with Crippen LogP contribution in [0.2, 0.25) is 5.02 Å². The topological polar surface area (TPSA) is 56.1 Å². The summed E-state index contributed by atoms with van der Waals surface area (Å²) in [6.07, 6.45) is -5.02. The largest absolute Gasteiger partial charge is 0.437 e. The lowest BCUT2D eigenvalue weighted by atomic mass is 10.3. The van der Waals surface area contributed by atoms with Gasteiger partial charge in [-0.25, -0.2) is 9.48 Å². The molecule has 0 radical (unpaired) electrons. The van der Waals surface area contributed by atoms with E-state index in [0.717, 1.165) is 6.20 Å². The standard InChI is InChI=1S/C17H11ClF3N3O2/c18-11-6-8-13(9-7-11)24-15(17(19,20)21)14(10-22-24)26-16(25)23-12-4-2-1-3-5-12/h1-10H,(H,23,25). The third-order valence-corrected chi connectivity index (χ3v) is 3.55. The van der Waals surface area contributed by atoms with Crippen LogP contribution in [0.5, 0.6) is 5.75 Å². The normalized spacial score (nSPS) is 11.2. The molecule has 0 bridgehead atoms. The number of benzene rings is 2. The number of carbonyl (C=O) groups excluding carboxylic acids is 1. The molecule has 0 aliphatic heterocycles. The Balaban J connectivity index is 1.90. The Labute approximate surface area is 151 Å². The van der Waals surface area contributed by atoms with Crippen molar-refractivity contribution in [3.8, 4) is 11.4 Å². The summed E-state index contributed by atoms with van der Waals surface area (Å²) in [7, 11) is 0. The highest BCUT2D eigenvalue weighted by Gasteiger charge is 2.40. The Hall–Kier alpha value is -3.00. The van der Waals surface area contributed by atoms with Gasteiger partial charge in [0, 0.05) is 10.7 Å². The monoisotopic (exact) mass is 381 g/mol. The van der Waals surface area contributed by atoms with Gasteiger partial charge >= 0.3 is 12.3 Å². The molecule has 3 aromatic rings. The van der Waals surface area contributed by atoms with Crippen LogP contribution in [-0.2, 0) is 6.18 Å². The minimum Gasteiger partial charge on any atom is -0.406 e. The van der Waals surface area contributed by atoms with Gasteiger partial charge < -0.3 is 4.74 Å². The Morgan fingerprint density at radius 2 is 1.73 bits per heavy atom. The van der Waals surface area contributed by atoms with Crippen LogP contribution in [0.4, 0.5) is 23.7 Å². The Kier molecular flexibility index (Phi) is 4.85. The number of hydrogen-bond donors (Lipinski definition) is 1. The van der Waals surface area contributed by atoms with Gasteiger partial charge in [0.25, 0.3) is 0 Å². The van der Waals surface area contributed by atoms with Crippen LogP contribution in [0, 0.1) is 0 Å². The van der Waals surface area contributed by atoms with Crippen molar-refractivity contribution in [3.05, 3.63) is 71.5 Å². The lowest BCUT2D eigenvalue weighted by Crippen LogP contribution is -2.20. The highest BCUT2D eigenvalue weighted by Crippen LogP contribution is 2.37. The summed E-state index contributed by atoms with van der Waals surface area (Å²) in [5.74, 6) is -0.708. The van der Waals surface area contributed by atoms with E-state index in [1.54, 1.807) is 30.3 Å². The molecule has 2 aromatic carbocycles. The Bertz CT molecular complexity index is 909. The Morgan fingerprint density at radius 1 is 1.08 bits per heavy atom. The highest BCUT2D eigenvalue weighted by atomic mass is 35.5. The maximum atomic E-state index is 13.5. The van der Waals surface area contributed by atoms with Gasteiger partial charge in [0.05, 0.1) is 11.9 Å². The van der Waals surface area contributed by atoms with E-state index in [9.17, 15) is 18.0 Å². The number of hydrogen-bond acceptors (Lipinski definition) is 3. The maximum Gasteiger partial charge on any atom is 0.437 e. The number of aromatic nitrogens is 2. The number of halogens is 4. The molecule has 0 aliphatic rings. The van der Waals surface area contributed by atoms with Crippen molar-refractivity contribution < 1.29 is 22.7 Å². The molecule has 1 aromatic heterocycles. The number of nitrogens with zero attached hydrogens (tertiary/aromatic N) is 2. The van der Waals surface area contributed by atoms with E-state index in [2.05, 4.69) is 10.4 Å². The van der Waals surface area contributed by atoms with Crippen LogP contribution >= 0.6 is 11.6 Å². The molecule has 5 nitrogen and oxygen atoms in total. The first-order valence-electron chi connectivity index (χ1n) is 7.29. The van der Waals surface area contributed by atoms with Crippen LogP contribution in [0.1, 0.15) is 5.69 Å². The second-order valence-electron chi connectivity index (χ2n) is 5.12. The molecular weight excluding hydrogens is 371 g/mol. The summed E-state index contributed by atoms with van der Waals surface area (Å²) < 4.78 is 45.9. The predicted octanol–water partition coefficient (Wildman–Crippen LogP) is 5.16. The van der Waals surface area contributed by atoms with Crippen molar-refractivity contribution in [2.75, 3.05) is 5.32 Å². The molecule has 0 saturated heterocycles. The van der Waals surface area contributed by atoms with Gasteiger partial charge in [0.2, 0.25) is 0 Å². The summed E-state index contributed by atoms with van der Waals surface area (Å²) in [5.41, 5.74) is -0.695. The summed E-state index contributed by atoms with van der Waals surface area (Å²) >= 11 is 5.75. The molecular formula is C17H11ClF3N3O2. The van der Waals surface area contributed by atoms with Gasteiger partial charge in [-0.3, -0.25) is 5.32 Å². The first kappa shape index (κ1) is 17.8. The average molecular weight is 382 g/mol. The minimum atomic E-state index is -4.79. The van der Waals surface area contributed by atoms with E-state index in [0.29, 0.717) is 15.4 Å². The van der Waals surface area contributed by atoms with Crippen molar-refractivity contribution in [3.63, 3.8) is 0 Å². The lowest BCUT2D eigenvalue weighted by molar-refractivity contribution is -0.143. The molecule has 3 rings (SSSR count). The molecule has 0 atom stereocenters. The quantitative estimate of drug-likeness (QED) is 0.682. The molecule has 1 amide bonds. The molecule has 0 fully saturated rings. The number of anilines is 1. The first-order chi connectivity index (χ1) is 12.3. The zero-order valence-electron chi connectivity index (χ0n) is 13.0. The maximum absolute atomic E-state index is 13.5.